The van der Waals surface area contributed by atoms with E-state index in [9.17, 15) is 4.79 Å². The number of aromatic nitrogens is 1. The fourth-order valence-corrected chi connectivity index (χ4v) is 1.23. The monoisotopic (exact) mass is 213 g/mol. The SMILES string of the molecule is COC(=O)Cc1coc(C2OCCO2)n1. The lowest BCUT2D eigenvalue weighted by Crippen LogP contribution is -2.05. The van der Waals surface area contributed by atoms with Crippen LogP contribution in [0, 0.1) is 0 Å². The summed E-state index contributed by atoms with van der Waals surface area (Å²) >= 11 is 0. The summed E-state index contributed by atoms with van der Waals surface area (Å²) in [5.41, 5.74) is 0.510. The molecule has 0 radical (unpaired) electrons. The quantitative estimate of drug-likeness (QED) is 0.678. The van der Waals surface area contributed by atoms with E-state index in [4.69, 9.17) is 13.9 Å². The molecule has 0 aliphatic carbocycles. The number of oxazole rings is 1. The van der Waals surface area contributed by atoms with Crippen LogP contribution in [0.1, 0.15) is 17.9 Å². The molecule has 0 unspecified atom stereocenters. The highest BCUT2D eigenvalue weighted by Crippen LogP contribution is 2.22. The molecule has 1 aliphatic rings. The van der Waals surface area contributed by atoms with Crippen molar-refractivity contribution >= 4 is 5.97 Å². The first-order valence-corrected chi connectivity index (χ1v) is 4.54. The van der Waals surface area contributed by atoms with Crippen molar-refractivity contribution in [1.82, 2.24) is 4.98 Å². The van der Waals surface area contributed by atoms with Crippen LogP contribution in [-0.2, 0) is 25.4 Å². The Labute approximate surface area is 86.1 Å². The van der Waals surface area contributed by atoms with Crippen LogP contribution < -0.4 is 0 Å². The lowest BCUT2D eigenvalue weighted by molar-refractivity contribution is -0.139. The Bertz CT molecular complexity index is 342. The van der Waals surface area contributed by atoms with E-state index in [1.165, 1.54) is 13.4 Å². The normalized spacial score (nSPS) is 16.9. The molecule has 0 amide bonds. The second-order valence-corrected chi connectivity index (χ2v) is 3.00. The maximum Gasteiger partial charge on any atom is 0.311 e. The molecule has 1 saturated heterocycles. The van der Waals surface area contributed by atoms with E-state index in [1.54, 1.807) is 0 Å². The van der Waals surface area contributed by atoms with Crippen LogP contribution >= 0.6 is 0 Å². The summed E-state index contributed by atoms with van der Waals surface area (Å²) in [5, 5.41) is 0. The number of hydrogen-bond donors (Lipinski definition) is 0. The maximum atomic E-state index is 10.9. The Morgan fingerprint density at radius 1 is 1.60 bits per heavy atom. The number of carbonyl (C=O) groups excluding carboxylic acids is 1. The highest BCUT2D eigenvalue weighted by atomic mass is 16.7. The van der Waals surface area contributed by atoms with Crippen molar-refractivity contribution < 1.29 is 23.4 Å². The first-order chi connectivity index (χ1) is 7.29. The van der Waals surface area contributed by atoms with E-state index in [2.05, 4.69) is 9.72 Å². The van der Waals surface area contributed by atoms with Crippen molar-refractivity contribution in [3.63, 3.8) is 0 Å². The van der Waals surface area contributed by atoms with Crippen LogP contribution in [0.4, 0.5) is 0 Å². The highest BCUT2D eigenvalue weighted by molar-refractivity contribution is 5.71. The summed E-state index contributed by atoms with van der Waals surface area (Å²) in [6.45, 7) is 1.05. The van der Waals surface area contributed by atoms with Gasteiger partial charge >= 0.3 is 5.97 Å². The standard InChI is InChI=1S/C9H11NO5/c1-12-7(11)4-6-5-15-8(10-6)9-13-2-3-14-9/h5,9H,2-4H2,1H3. The first-order valence-electron chi connectivity index (χ1n) is 4.54. The third kappa shape index (κ3) is 2.34. The number of nitrogens with zero attached hydrogens (tertiary/aromatic N) is 1. The van der Waals surface area contributed by atoms with Gasteiger partial charge in [0, 0.05) is 0 Å². The molecule has 0 N–H and O–H groups in total. The highest BCUT2D eigenvalue weighted by Gasteiger charge is 2.23. The van der Waals surface area contributed by atoms with Gasteiger partial charge in [-0.05, 0) is 0 Å². The van der Waals surface area contributed by atoms with E-state index in [0.29, 0.717) is 24.8 Å². The number of ether oxygens (including phenoxy) is 3. The number of carbonyl (C=O) groups is 1. The zero-order valence-electron chi connectivity index (χ0n) is 8.26. The lowest BCUT2D eigenvalue weighted by atomic mass is 10.3. The van der Waals surface area contributed by atoms with Gasteiger partial charge in [-0.25, -0.2) is 4.98 Å². The molecule has 0 bridgehead atoms. The second kappa shape index (κ2) is 4.41. The molecule has 2 rings (SSSR count). The van der Waals surface area contributed by atoms with Crippen molar-refractivity contribution in [3.8, 4) is 0 Å². The summed E-state index contributed by atoms with van der Waals surface area (Å²) < 4.78 is 20.0. The van der Waals surface area contributed by atoms with Gasteiger partial charge in [0.2, 0.25) is 6.29 Å². The minimum Gasteiger partial charge on any atom is -0.469 e. The minimum absolute atomic E-state index is 0.0900. The molecule has 1 fully saturated rings. The topological polar surface area (TPSA) is 70.8 Å². The van der Waals surface area contributed by atoms with Gasteiger partial charge in [0.1, 0.15) is 6.26 Å². The molecule has 0 aromatic carbocycles. The van der Waals surface area contributed by atoms with Crippen LogP contribution in [-0.4, -0.2) is 31.3 Å². The fourth-order valence-electron chi connectivity index (χ4n) is 1.23. The van der Waals surface area contributed by atoms with E-state index in [0.717, 1.165) is 0 Å². The molecular weight excluding hydrogens is 202 g/mol. The molecule has 1 aromatic rings. The van der Waals surface area contributed by atoms with Crippen LogP contribution in [0.2, 0.25) is 0 Å². The van der Waals surface area contributed by atoms with Crippen molar-refractivity contribution in [2.75, 3.05) is 20.3 Å². The zero-order chi connectivity index (χ0) is 10.7. The van der Waals surface area contributed by atoms with E-state index >= 15 is 0 Å². The molecule has 6 nitrogen and oxygen atoms in total. The summed E-state index contributed by atoms with van der Waals surface area (Å²) in [4.78, 5) is 15.0. The van der Waals surface area contributed by atoms with E-state index in [1.807, 2.05) is 0 Å². The largest absolute Gasteiger partial charge is 0.469 e. The number of rotatable bonds is 3. The third-order valence-corrected chi connectivity index (χ3v) is 1.95. The van der Waals surface area contributed by atoms with Gasteiger partial charge in [-0.3, -0.25) is 4.79 Å². The smallest absolute Gasteiger partial charge is 0.311 e. The van der Waals surface area contributed by atoms with E-state index in [-0.39, 0.29) is 12.4 Å². The molecule has 0 saturated carbocycles. The first kappa shape index (κ1) is 10.1. The van der Waals surface area contributed by atoms with Crippen LogP contribution in [0.3, 0.4) is 0 Å². The number of esters is 1. The molecule has 0 spiro atoms. The van der Waals surface area contributed by atoms with Gasteiger partial charge < -0.3 is 18.6 Å². The van der Waals surface area contributed by atoms with Gasteiger partial charge in [0.25, 0.3) is 5.89 Å². The lowest BCUT2D eigenvalue weighted by Gasteiger charge is -2.01. The summed E-state index contributed by atoms with van der Waals surface area (Å²) in [6, 6.07) is 0. The molecule has 1 aromatic heterocycles. The Morgan fingerprint density at radius 2 is 2.33 bits per heavy atom. The van der Waals surface area contributed by atoms with Crippen molar-refractivity contribution in [3.05, 3.63) is 17.8 Å². The van der Waals surface area contributed by atoms with Gasteiger partial charge in [-0.2, -0.15) is 0 Å². The molecule has 0 atom stereocenters. The molecular formula is C9H11NO5. The van der Waals surface area contributed by atoms with Crippen molar-refractivity contribution in [2.24, 2.45) is 0 Å². The zero-order valence-corrected chi connectivity index (χ0v) is 8.26. The summed E-state index contributed by atoms with van der Waals surface area (Å²) in [7, 11) is 1.33. The summed E-state index contributed by atoms with van der Waals surface area (Å²) in [6.07, 6.45) is 0.945. The van der Waals surface area contributed by atoms with Gasteiger partial charge in [-0.1, -0.05) is 0 Å². The number of hydrogen-bond acceptors (Lipinski definition) is 6. The molecule has 6 heteroatoms. The second-order valence-electron chi connectivity index (χ2n) is 3.00. The predicted molar refractivity (Wildman–Crippen MR) is 46.9 cm³/mol. The molecule has 2 heterocycles. The Hall–Kier alpha value is -1.40. The fraction of sp³-hybridized carbons (Fsp3) is 0.556. The Kier molecular flexibility index (Phi) is 2.98. The minimum atomic E-state index is -0.545. The average Bonchev–Trinajstić information content (AvgIpc) is 2.85. The molecule has 1 aliphatic heterocycles. The molecule has 15 heavy (non-hydrogen) atoms. The van der Waals surface area contributed by atoms with Crippen molar-refractivity contribution in [2.45, 2.75) is 12.7 Å². The average molecular weight is 213 g/mol. The molecule has 82 valence electrons. The Balaban J connectivity index is 2.00. The number of methoxy groups -OCH3 is 1. The van der Waals surface area contributed by atoms with Gasteiger partial charge in [-0.15, -0.1) is 0 Å². The van der Waals surface area contributed by atoms with Crippen LogP contribution in [0.25, 0.3) is 0 Å². The van der Waals surface area contributed by atoms with Crippen LogP contribution in [0.15, 0.2) is 10.7 Å². The Morgan fingerprint density at radius 3 is 3.00 bits per heavy atom. The van der Waals surface area contributed by atoms with E-state index < -0.39 is 6.29 Å². The predicted octanol–water partition coefficient (Wildman–Crippen LogP) is 0.435. The van der Waals surface area contributed by atoms with Gasteiger partial charge in [0.05, 0.1) is 32.4 Å². The van der Waals surface area contributed by atoms with Crippen molar-refractivity contribution in [1.29, 1.82) is 0 Å². The maximum absolute atomic E-state index is 10.9. The van der Waals surface area contributed by atoms with Crippen LogP contribution in [0.5, 0.6) is 0 Å². The third-order valence-electron chi connectivity index (χ3n) is 1.95. The van der Waals surface area contributed by atoms with Gasteiger partial charge in [0.15, 0.2) is 0 Å². The summed E-state index contributed by atoms with van der Waals surface area (Å²) in [5.74, 6) is -0.0190.